The van der Waals surface area contributed by atoms with Crippen molar-refractivity contribution in [2.45, 2.75) is 43.7 Å². The zero-order chi connectivity index (χ0) is 24.4. The Bertz CT molecular complexity index is 857. The maximum atomic E-state index is 12.2. The molecule has 9 nitrogen and oxygen atoms in total. The molecule has 1 aliphatic carbocycles. The highest BCUT2D eigenvalue weighted by Gasteiger charge is 2.44. The van der Waals surface area contributed by atoms with Gasteiger partial charge in [0.25, 0.3) is 0 Å². The third kappa shape index (κ3) is 6.22. The van der Waals surface area contributed by atoms with E-state index in [2.05, 4.69) is 16.6 Å². The van der Waals surface area contributed by atoms with Crippen molar-refractivity contribution in [3.63, 3.8) is 0 Å². The second kappa shape index (κ2) is 12.6. The molecule has 1 N–H and O–H groups in total. The first-order valence-corrected chi connectivity index (χ1v) is 11.7. The van der Waals surface area contributed by atoms with Crippen molar-refractivity contribution < 1.29 is 33.7 Å². The Hall–Kier alpha value is -2.75. The van der Waals surface area contributed by atoms with Gasteiger partial charge < -0.3 is 24.2 Å². The Morgan fingerprint density at radius 3 is 2.47 bits per heavy atom. The van der Waals surface area contributed by atoms with E-state index < -0.39 is 31.1 Å². The van der Waals surface area contributed by atoms with Crippen LogP contribution >= 0.6 is 0 Å². The Kier molecular flexibility index (Phi) is 9.62. The zero-order valence-corrected chi connectivity index (χ0v) is 19.7. The van der Waals surface area contributed by atoms with E-state index in [-0.39, 0.29) is 5.54 Å². The summed E-state index contributed by atoms with van der Waals surface area (Å²) in [7, 11) is 1.62. The highest BCUT2D eigenvalue weighted by molar-refractivity contribution is 6.07. The molecule has 34 heavy (non-hydrogen) atoms. The average Bonchev–Trinajstić information content (AvgIpc) is 2.90. The van der Waals surface area contributed by atoms with Gasteiger partial charge in [0.1, 0.15) is 11.5 Å². The number of rotatable bonds is 11. The Morgan fingerprint density at radius 1 is 1.21 bits per heavy atom. The summed E-state index contributed by atoms with van der Waals surface area (Å²) in [6, 6.07) is 7.64. The number of hydrogen-bond donors (Lipinski definition) is 1. The number of carbonyl (C=O) groups excluding carboxylic acids is 2. The quantitative estimate of drug-likeness (QED) is 0.225. The summed E-state index contributed by atoms with van der Waals surface area (Å²) in [4.78, 5) is 31.8. The van der Waals surface area contributed by atoms with E-state index in [1.165, 1.54) is 0 Å². The highest BCUT2D eigenvalue weighted by Crippen LogP contribution is 2.38. The third-order valence-electron chi connectivity index (χ3n) is 6.40. The van der Waals surface area contributed by atoms with E-state index in [1.807, 2.05) is 24.3 Å². The molecule has 9 heteroatoms. The number of aliphatic hydroxyl groups is 1. The fourth-order valence-electron chi connectivity index (χ4n) is 4.65. The average molecular weight is 475 g/mol. The van der Waals surface area contributed by atoms with Crippen LogP contribution in [-0.2, 0) is 23.9 Å². The van der Waals surface area contributed by atoms with Gasteiger partial charge in [-0.05, 0) is 43.2 Å². The number of carbonyl (C=O) groups is 2. The molecule has 1 unspecified atom stereocenters. The fraction of sp³-hybridized carbons (Fsp3) is 0.560. The minimum Gasteiger partial charge on any atom is -0.497 e. The monoisotopic (exact) mass is 474 g/mol. The van der Waals surface area contributed by atoms with Crippen LogP contribution in [0.5, 0.6) is 5.75 Å². The number of nitrogens with zero attached hydrogens (tertiary/aromatic N) is 2. The molecule has 3 rings (SSSR count). The predicted octanol–water partition coefficient (Wildman–Crippen LogP) is 2.11. The van der Waals surface area contributed by atoms with Gasteiger partial charge in [-0.1, -0.05) is 31.0 Å². The first-order valence-electron chi connectivity index (χ1n) is 11.7. The lowest BCUT2D eigenvalue weighted by Gasteiger charge is -2.48. The number of benzene rings is 1. The second-order valence-electron chi connectivity index (χ2n) is 8.40. The molecule has 0 aromatic heterocycles. The van der Waals surface area contributed by atoms with Gasteiger partial charge in [0.15, 0.2) is 11.9 Å². The Morgan fingerprint density at radius 2 is 1.88 bits per heavy atom. The molecule has 1 heterocycles. The van der Waals surface area contributed by atoms with Crippen molar-refractivity contribution in [1.29, 1.82) is 0 Å². The van der Waals surface area contributed by atoms with E-state index in [0.29, 0.717) is 13.2 Å². The van der Waals surface area contributed by atoms with Crippen molar-refractivity contribution in [3.8, 4) is 5.75 Å². The molecule has 1 saturated carbocycles. The molecule has 2 aliphatic rings. The van der Waals surface area contributed by atoms with Crippen LogP contribution in [0.4, 0.5) is 0 Å². The summed E-state index contributed by atoms with van der Waals surface area (Å²) in [5.74, 6) is -0.638. The summed E-state index contributed by atoms with van der Waals surface area (Å²) in [6.45, 7) is 5.13. The molecule has 1 aromatic rings. The molecule has 0 amide bonds. The topological polar surface area (TPSA) is 107 Å². The van der Waals surface area contributed by atoms with E-state index in [0.717, 1.165) is 68.3 Å². The van der Waals surface area contributed by atoms with Crippen molar-refractivity contribution >= 4 is 17.5 Å². The Balaban J connectivity index is 1.86. The van der Waals surface area contributed by atoms with Crippen LogP contribution in [0.25, 0.3) is 0 Å². The molecule has 1 saturated heterocycles. The smallest absolute Gasteiger partial charge is 0.347 e. The van der Waals surface area contributed by atoms with Crippen molar-refractivity contribution in [2.24, 2.45) is 5.16 Å². The van der Waals surface area contributed by atoms with Gasteiger partial charge in [-0.3, -0.25) is 9.69 Å². The van der Waals surface area contributed by atoms with Crippen molar-refractivity contribution in [3.05, 3.63) is 42.5 Å². The van der Waals surface area contributed by atoms with Crippen LogP contribution in [0.3, 0.4) is 0 Å². The lowest BCUT2D eigenvalue weighted by atomic mass is 9.74. The summed E-state index contributed by atoms with van der Waals surface area (Å²) in [5, 5.41) is 13.8. The molecular weight excluding hydrogens is 440 g/mol. The number of hydrogen-bond acceptors (Lipinski definition) is 9. The van der Waals surface area contributed by atoms with Gasteiger partial charge in [0, 0.05) is 18.7 Å². The van der Waals surface area contributed by atoms with Crippen LogP contribution < -0.4 is 4.74 Å². The first-order chi connectivity index (χ1) is 16.5. The molecule has 2 fully saturated rings. The standard InChI is InChI=1S/C25H34N2O7/c1-3-21(29)22(17-28)34-23(30)18-33-26-24(19-7-9-20(31-2)10-8-19)25(11-5-4-6-12-25)27-13-15-32-16-14-27/h3,7-10,22,28H,1,4-6,11-18H2,2H3. The molecule has 1 aliphatic heterocycles. The van der Waals surface area contributed by atoms with Crippen LogP contribution in [-0.4, -0.2) is 85.7 Å². The van der Waals surface area contributed by atoms with E-state index >= 15 is 0 Å². The number of aliphatic hydroxyl groups excluding tert-OH is 1. The third-order valence-corrected chi connectivity index (χ3v) is 6.40. The number of ether oxygens (including phenoxy) is 3. The van der Waals surface area contributed by atoms with Crippen molar-refractivity contribution in [2.75, 3.05) is 46.6 Å². The van der Waals surface area contributed by atoms with Gasteiger partial charge in [0.2, 0.25) is 6.61 Å². The maximum Gasteiger partial charge on any atom is 0.347 e. The van der Waals surface area contributed by atoms with E-state index in [1.54, 1.807) is 7.11 Å². The summed E-state index contributed by atoms with van der Waals surface area (Å²) < 4.78 is 15.9. The van der Waals surface area contributed by atoms with Crippen LogP contribution in [0.15, 0.2) is 42.1 Å². The summed E-state index contributed by atoms with van der Waals surface area (Å²) in [5.41, 5.74) is 1.30. The maximum absolute atomic E-state index is 12.2. The van der Waals surface area contributed by atoms with E-state index in [4.69, 9.17) is 19.0 Å². The van der Waals surface area contributed by atoms with Gasteiger partial charge in [-0.2, -0.15) is 0 Å². The lowest BCUT2D eigenvalue weighted by Crippen LogP contribution is -2.59. The highest BCUT2D eigenvalue weighted by atomic mass is 16.7. The molecule has 186 valence electrons. The fourth-order valence-corrected chi connectivity index (χ4v) is 4.65. The van der Waals surface area contributed by atoms with Crippen LogP contribution in [0.1, 0.15) is 37.7 Å². The van der Waals surface area contributed by atoms with Gasteiger partial charge in [-0.15, -0.1) is 0 Å². The van der Waals surface area contributed by atoms with Crippen LogP contribution in [0.2, 0.25) is 0 Å². The number of ketones is 1. The minimum absolute atomic E-state index is 0.340. The van der Waals surface area contributed by atoms with Gasteiger partial charge in [-0.25, -0.2) is 4.79 Å². The second-order valence-corrected chi connectivity index (χ2v) is 8.40. The molecular formula is C25H34N2O7. The molecule has 0 radical (unpaired) electrons. The van der Waals surface area contributed by atoms with Crippen molar-refractivity contribution in [1.82, 2.24) is 4.90 Å². The number of esters is 1. The summed E-state index contributed by atoms with van der Waals surface area (Å²) >= 11 is 0. The molecule has 0 bridgehead atoms. The molecule has 0 spiro atoms. The predicted molar refractivity (Wildman–Crippen MR) is 126 cm³/mol. The summed E-state index contributed by atoms with van der Waals surface area (Å²) in [6.07, 6.45) is 4.85. The van der Waals surface area contributed by atoms with Gasteiger partial charge in [0.05, 0.1) is 32.5 Å². The normalized spacial score (nSPS) is 19.6. The zero-order valence-electron chi connectivity index (χ0n) is 19.7. The first kappa shape index (κ1) is 25.9. The minimum atomic E-state index is -1.29. The largest absolute Gasteiger partial charge is 0.497 e. The SMILES string of the molecule is C=CC(=O)C(CO)OC(=O)CON=C(c1ccc(OC)cc1)C1(N2CCOCC2)CCCCC1. The number of oxime groups is 1. The van der Waals surface area contributed by atoms with Crippen LogP contribution in [0, 0.1) is 0 Å². The molecule has 1 atom stereocenters. The molecule has 1 aromatic carbocycles. The van der Waals surface area contributed by atoms with Gasteiger partial charge >= 0.3 is 5.97 Å². The number of morpholine rings is 1. The Labute approximate surface area is 200 Å². The van der Waals surface area contributed by atoms with E-state index in [9.17, 15) is 14.7 Å². The number of methoxy groups -OCH3 is 1. The lowest BCUT2D eigenvalue weighted by molar-refractivity contribution is -0.160.